The first-order valence-corrected chi connectivity index (χ1v) is 11.6. The van der Waals surface area contributed by atoms with Crippen molar-refractivity contribution in [2.45, 2.75) is 31.4 Å². The molecule has 4 amide bonds. The third-order valence-corrected chi connectivity index (χ3v) is 5.60. The second-order valence-corrected chi connectivity index (χ2v) is 8.11. The van der Waals surface area contributed by atoms with Gasteiger partial charge in [0, 0.05) is 25.0 Å². The number of amides is 4. The predicted octanol–water partition coefficient (Wildman–Crippen LogP) is -0.818. The second kappa shape index (κ2) is 13.0. The minimum Gasteiger partial charge on any atom is -0.494 e. The molecule has 0 unspecified atom stereocenters. The fourth-order valence-electron chi connectivity index (χ4n) is 3.78. The van der Waals surface area contributed by atoms with E-state index in [1.807, 2.05) is 0 Å². The molecule has 2 aromatic rings. The summed E-state index contributed by atoms with van der Waals surface area (Å²) in [5.74, 6) is -0.998. The SMILES string of the molecule is N#C[C@@H]1CCCN1C(=O)CNC(=O)c1ncnc2ccc(OCCCNC(=O)[C@@H](CN)OC(N)=O)cc12. The van der Waals surface area contributed by atoms with Gasteiger partial charge < -0.3 is 36.5 Å². The van der Waals surface area contributed by atoms with Crippen LogP contribution >= 0.6 is 0 Å². The van der Waals surface area contributed by atoms with E-state index in [9.17, 15) is 19.2 Å². The van der Waals surface area contributed by atoms with Crippen LogP contribution in [0, 0.1) is 11.3 Å². The summed E-state index contributed by atoms with van der Waals surface area (Å²) >= 11 is 0. The molecule has 14 heteroatoms. The van der Waals surface area contributed by atoms with Gasteiger partial charge in [-0.05, 0) is 37.5 Å². The molecule has 6 N–H and O–H groups in total. The van der Waals surface area contributed by atoms with Crippen molar-refractivity contribution in [2.75, 3.05) is 32.8 Å². The molecular formula is C23H28N8O6. The van der Waals surface area contributed by atoms with Crippen molar-refractivity contribution in [1.82, 2.24) is 25.5 Å². The normalized spacial score (nSPS) is 15.5. The van der Waals surface area contributed by atoms with E-state index in [2.05, 4.69) is 31.4 Å². The Hall–Kier alpha value is -4.51. The molecule has 1 saturated heterocycles. The zero-order valence-corrected chi connectivity index (χ0v) is 20.0. The number of rotatable bonds is 11. The molecular weight excluding hydrogens is 484 g/mol. The zero-order chi connectivity index (χ0) is 26.8. The van der Waals surface area contributed by atoms with E-state index >= 15 is 0 Å². The van der Waals surface area contributed by atoms with Crippen molar-refractivity contribution in [1.29, 1.82) is 5.26 Å². The predicted molar refractivity (Wildman–Crippen MR) is 129 cm³/mol. The topological polar surface area (TPSA) is 216 Å². The number of nitrogens with two attached hydrogens (primary N) is 2. The van der Waals surface area contributed by atoms with E-state index in [-0.39, 0.29) is 37.8 Å². The summed E-state index contributed by atoms with van der Waals surface area (Å²) in [5, 5.41) is 14.7. The minimum absolute atomic E-state index is 0.0797. The lowest BCUT2D eigenvalue weighted by atomic mass is 10.1. The standard InChI is InChI=1S/C23H28N8O6/c24-10-14-3-1-7-31(14)19(32)12-28-22(34)20-16-9-15(4-5-17(16)29-13-30-20)36-8-2-6-27-21(33)18(11-25)37-23(26)35/h4-5,9,13-14,18H,1-3,6-8,11-12,25H2,(H2,26,35)(H,27,33)(H,28,34)/t14-,18+/m0/s1. The third-order valence-electron chi connectivity index (χ3n) is 5.60. The van der Waals surface area contributed by atoms with Crippen molar-refractivity contribution in [2.24, 2.45) is 11.5 Å². The smallest absolute Gasteiger partial charge is 0.405 e. The molecule has 2 atom stereocenters. The molecule has 0 bridgehead atoms. The molecule has 0 spiro atoms. The second-order valence-electron chi connectivity index (χ2n) is 8.11. The number of ether oxygens (including phenoxy) is 2. The Kier molecular flexibility index (Phi) is 9.50. The Labute approximate surface area is 212 Å². The van der Waals surface area contributed by atoms with Gasteiger partial charge in [-0.2, -0.15) is 5.26 Å². The average Bonchev–Trinajstić information content (AvgIpc) is 3.38. The van der Waals surface area contributed by atoms with Crippen LogP contribution in [0.5, 0.6) is 5.75 Å². The first-order valence-electron chi connectivity index (χ1n) is 11.6. The number of carbonyl (C=O) groups is 4. The summed E-state index contributed by atoms with van der Waals surface area (Å²) in [6.07, 6.45) is 0.806. The van der Waals surface area contributed by atoms with Gasteiger partial charge in [0.1, 0.15) is 23.8 Å². The van der Waals surface area contributed by atoms with Gasteiger partial charge in [-0.25, -0.2) is 14.8 Å². The number of carbonyl (C=O) groups excluding carboxylic acids is 4. The van der Waals surface area contributed by atoms with Crippen molar-refractivity contribution >= 4 is 34.7 Å². The number of primary amides is 1. The van der Waals surface area contributed by atoms with Gasteiger partial charge in [-0.1, -0.05) is 0 Å². The van der Waals surface area contributed by atoms with E-state index in [0.717, 1.165) is 6.42 Å². The summed E-state index contributed by atoms with van der Waals surface area (Å²) in [4.78, 5) is 57.6. The number of hydrogen-bond acceptors (Lipinski definition) is 10. The molecule has 196 valence electrons. The van der Waals surface area contributed by atoms with Crippen molar-refractivity contribution in [3.8, 4) is 11.8 Å². The number of benzene rings is 1. The Bertz CT molecular complexity index is 1200. The average molecular weight is 513 g/mol. The monoisotopic (exact) mass is 512 g/mol. The van der Waals surface area contributed by atoms with E-state index in [1.54, 1.807) is 18.2 Å². The molecule has 1 aromatic carbocycles. The van der Waals surface area contributed by atoms with E-state index in [0.29, 0.717) is 36.0 Å². The number of nitrogens with one attached hydrogen (secondary N) is 2. The molecule has 0 saturated carbocycles. The van der Waals surface area contributed by atoms with Crippen LogP contribution in [0.25, 0.3) is 10.9 Å². The van der Waals surface area contributed by atoms with Crippen molar-refractivity contribution in [3.63, 3.8) is 0 Å². The minimum atomic E-state index is -1.16. The largest absolute Gasteiger partial charge is 0.494 e. The highest BCUT2D eigenvalue weighted by Crippen LogP contribution is 2.22. The Morgan fingerprint density at radius 1 is 1.24 bits per heavy atom. The van der Waals surface area contributed by atoms with Gasteiger partial charge >= 0.3 is 6.09 Å². The van der Waals surface area contributed by atoms with Gasteiger partial charge in [-0.15, -0.1) is 0 Å². The maximum atomic E-state index is 12.8. The lowest BCUT2D eigenvalue weighted by Crippen LogP contribution is -2.43. The molecule has 14 nitrogen and oxygen atoms in total. The van der Waals surface area contributed by atoms with Gasteiger partial charge in [0.05, 0.1) is 24.7 Å². The molecule has 1 aromatic heterocycles. The number of nitrogens with zero attached hydrogens (tertiary/aromatic N) is 4. The third kappa shape index (κ3) is 7.24. The van der Waals surface area contributed by atoms with Crippen LogP contribution in [0.15, 0.2) is 24.5 Å². The lowest BCUT2D eigenvalue weighted by Gasteiger charge is -2.19. The van der Waals surface area contributed by atoms with Gasteiger partial charge in [0.2, 0.25) is 5.91 Å². The van der Waals surface area contributed by atoms with Crippen LogP contribution < -0.4 is 26.8 Å². The highest BCUT2D eigenvalue weighted by molar-refractivity contribution is 6.05. The first-order chi connectivity index (χ1) is 17.8. The molecule has 1 aliphatic rings. The fraction of sp³-hybridized carbons (Fsp3) is 0.435. The Morgan fingerprint density at radius 3 is 2.78 bits per heavy atom. The van der Waals surface area contributed by atoms with Gasteiger partial charge in [0.25, 0.3) is 11.8 Å². The highest BCUT2D eigenvalue weighted by Gasteiger charge is 2.28. The summed E-state index contributed by atoms with van der Waals surface area (Å²) < 4.78 is 10.3. The summed E-state index contributed by atoms with van der Waals surface area (Å²) in [6.45, 7) is 0.504. The molecule has 0 radical (unpaired) electrons. The molecule has 1 fully saturated rings. The van der Waals surface area contributed by atoms with Crippen LogP contribution in [0.4, 0.5) is 4.79 Å². The molecule has 3 rings (SSSR count). The number of likely N-dealkylation sites (tertiary alicyclic amines) is 1. The lowest BCUT2D eigenvalue weighted by molar-refractivity contribution is -0.130. The summed E-state index contributed by atoms with van der Waals surface area (Å²) in [6, 6.07) is 6.59. The van der Waals surface area contributed by atoms with Crippen molar-refractivity contribution < 1.29 is 28.7 Å². The van der Waals surface area contributed by atoms with Crippen LogP contribution in [-0.4, -0.2) is 83.6 Å². The van der Waals surface area contributed by atoms with Gasteiger partial charge in [0.15, 0.2) is 6.10 Å². The van der Waals surface area contributed by atoms with E-state index in [4.69, 9.17) is 21.5 Å². The zero-order valence-electron chi connectivity index (χ0n) is 20.0. The maximum Gasteiger partial charge on any atom is 0.405 e. The van der Waals surface area contributed by atoms with Crippen LogP contribution in [-0.2, 0) is 14.3 Å². The van der Waals surface area contributed by atoms with Crippen LogP contribution in [0.3, 0.4) is 0 Å². The Morgan fingerprint density at radius 2 is 2.05 bits per heavy atom. The van der Waals surface area contributed by atoms with Crippen LogP contribution in [0.1, 0.15) is 29.8 Å². The van der Waals surface area contributed by atoms with Gasteiger partial charge in [-0.3, -0.25) is 14.4 Å². The number of hydrogen-bond donors (Lipinski definition) is 4. The molecule has 0 aliphatic carbocycles. The molecule has 1 aliphatic heterocycles. The Balaban J connectivity index is 1.54. The summed E-state index contributed by atoms with van der Waals surface area (Å²) in [7, 11) is 0. The first kappa shape index (κ1) is 27.1. The maximum absolute atomic E-state index is 12.8. The fourth-order valence-corrected chi connectivity index (χ4v) is 3.78. The molecule has 2 heterocycles. The quantitative estimate of drug-likeness (QED) is 0.274. The number of fused-ring (bicyclic) bond motifs is 1. The highest BCUT2D eigenvalue weighted by atomic mass is 16.6. The van der Waals surface area contributed by atoms with Crippen LogP contribution in [0.2, 0.25) is 0 Å². The number of aromatic nitrogens is 2. The number of nitriles is 1. The molecule has 37 heavy (non-hydrogen) atoms. The summed E-state index contributed by atoms with van der Waals surface area (Å²) in [5.41, 5.74) is 10.9. The van der Waals surface area contributed by atoms with E-state index < -0.39 is 30.1 Å². The van der Waals surface area contributed by atoms with E-state index in [1.165, 1.54) is 11.2 Å². The van der Waals surface area contributed by atoms with Crippen molar-refractivity contribution in [3.05, 3.63) is 30.2 Å².